The van der Waals surface area contributed by atoms with Gasteiger partial charge >= 0.3 is 29.6 Å². The molecule has 0 fully saturated rings. The number of halogens is 1. The van der Waals surface area contributed by atoms with Crippen molar-refractivity contribution >= 4 is 50.6 Å². The van der Waals surface area contributed by atoms with Crippen LogP contribution in [0.1, 0.15) is 0 Å². The number of non-ortho nitro benzene ring substituents is 1. The van der Waals surface area contributed by atoms with E-state index < -0.39 is 28.8 Å². The molecule has 0 spiro atoms. The first kappa shape index (κ1) is 22.7. The monoisotopic (exact) mass is 478 g/mol. The van der Waals surface area contributed by atoms with Crippen molar-refractivity contribution in [2.45, 2.75) is 4.21 Å². The van der Waals surface area contributed by atoms with Gasteiger partial charge in [-0.25, -0.2) is 13.1 Å². The zero-order valence-electron chi connectivity index (χ0n) is 12.6. The Balaban J connectivity index is 0.00000312. The number of benzene rings is 1. The van der Waals surface area contributed by atoms with E-state index in [2.05, 4.69) is 15.9 Å². The van der Waals surface area contributed by atoms with E-state index in [1.807, 2.05) is 4.72 Å². The summed E-state index contributed by atoms with van der Waals surface area (Å²) >= 11 is 4.04. The number of nitrogens with zero attached hydrogens (tertiary/aromatic N) is 1. The number of nitro groups is 1. The summed E-state index contributed by atoms with van der Waals surface area (Å²) in [5.41, 5.74) is -0.230. The first-order valence-corrected chi connectivity index (χ1v) is 10.9. The maximum absolute atomic E-state index is 12.0. The maximum Gasteiger partial charge on any atom is 1.00 e. The molecule has 1 heterocycles. The van der Waals surface area contributed by atoms with E-state index in [4.69, 9.17) is 4.52 Å². The fourth-order valence-corrected chi connectivity index (χ4v) is 6.03. The molecular weight excluding hydrogens is 470 g/mol. The number of nitrogens with one attached hydrogen (secondary N) is 1. The SMILES string of the molecule is O=[N+]([O-])c1ccc(OP(=O)([O-])CNS(=O)(=O)c2ccc(Br)s2)cc1.[Na+]. The molecule has 1 N–H and O–H groups in total. The topological polar surface area (TPSA) is 139 Å². The standard InChI is InChI=1S/C11H10BrN2O7PS2.Na/c12-10-5-6-11(23-10)24(19,20)13-7-22(17,18)21-9-3-1-8(2-4-9)14(15)16;/h1-6,13H,7H2,(H,17,18);/q;+1/p-1. The predicted octanol–water partition coefficient (Wildman–Crippen LogP) is -0.709. The van der Waals surface area contributed by atoms with Crippen LogP contribution >= 0.6 is 34.9 Å². The van der Waals surface area contributed by atoms with Crippen molar-refractivity contribution in [1.82, 2.24) is 4.72 Å². The molecule has 0 saturated carbocycles. The summed E-state index contributed by atoms with van der Waals surface area (Å²) in [6.45, 7) is 0. The zero-order valence-corrected chi connectivity index (χ0v) is 18.7. The van der Waals surface area contributed by atoms with Gasteiger partial charge in [0.25, 0.3) is 15.7 Å². The van der Waals surface area contributed by atoms with Crippen LogP contribution in [0, 0.1) is 10.1 Å². The van der Waals surface area contributed by atoms with Gasteiger partial charge in [-0.3, -0.25) is 14.7 Å². The third-order valence-corrected chi connectivity index (χ3v) is 7.32. The summed E-state index contributed by atoms with van der Waals surface area (Å²) in [5.74, 6) is -0.156. The van der Waals surface area contributed by atoms with Crippen molar-refractivity contribution in [2.75, 3.05) is 6.29 Å². The molecular formula is C11H9BrN2NaO7PS2. The Morgan fingerprint density at radius 1 is 1.24 bits per heavy atom. The molecule has 2 rings (SSSR count). The Morgan fingerprint density at radius 3 is 2.32 bits per heavy atom. The Labute approximate surface area is 177 Å². The smallest absolute Gasteiger partial charge is 0.768 e. The number of thiophene rings is 1. The third-order valence-electron chi connectivity index (χ3n) is 2.55. The predicted molar refractivity (Wildman–Crippen MR) is 88.5 cm³/mol. The molecule has 0 aliphatic heterocycles. The molecule has 0 saturated heterocycles. The summed E-state index contributed by atoms with van der Waals surface area (Å²) in [6.07, 6.45) is -0.957. The number of sulfonamides is 1. The quantitative estimate of drug-likeness (QED) is 0.240. The van der Waals surface area contributed by atoms with E-state index in [0.717, 1.165) is 35.6 Å². The van der Waals surface area contributed by atoms with Gasteiger partial charge in [0.2, 0.25) is 0 Å². The molecule has 130 valence electrons. The van der Waals surface area contributed by atoms with Crippen molar-refractivity contribution in [3.63, 3.8) is 0 Å². The first-order chi connectivity index (χ1) is 11.1. The van der Waals surface area contributed by atoms with Crippen LogP contribution in [0.4, 0.5) is 5.69 Å². The van der Waals surface area contributed by atoms with Crippen LogP contribution in [-0.2, 0) is 14.6 Å². The molecule has 1 unspecified atom stereocenters. The van der Waals surface area contributed by atoms with Crippen molar-refractivity contribution in [1.29, 1.82) is 0 Å². The summed E-state index contributed by atoms with van der Waals surface area (Å²) in [7, 11) is -8.57. The molecule has 0 radical (unpaired) electrons. The summed E-state index contributed by atoms with van der Waals surface area (Å²) in [6, 6.07) is 7.19. The normalized spacial score (nSPS) is 13.5. The zero-order chi connectivity index (χ0) is 18.0. The van der Waals surface area contributed by atoms with Crippen LogP contribution in [-0.4, -0.2) is 19.6 Å². The van der Waals surface area contributed by atoms with E-state index in [9.17, 15) is 28.0 Å². The molecule has 0 amide bonds. The number of hydrogen-bond donors (Lipinski definition) is 1. The number of hydrogen-bond acceptors (Lipinski definition) is 8. The van der Waals surface area contributed by atoms with Gasteiger partial charge in [0, 0.05) is 12.1 Å². The van der Waals surface area contributed by atoms with E-state index in [0.29, 0.717) is 3.79 Å². The van der Waals surface area contributed by atoms with Crippen LogP contribution in [0.15, 0.2) is 44.4 Å². The molecule has 9 nitrogen and oxygen atoms in total. The minimum atomic E-state index is -4.58. The van der Waals surface area contributed by atoms with Crippen molar-refractivity contribution < 1.29 is 56.9 Å². The Hall–Kier alpha value is -0.300. The number of nitro benzene ring substituents is 1. The molecule has 0 aliphatic rings. The fraction of sp³-hybridized carbons (Fsp3) is 0.0909. The minimum Gasteiger partial charge on any atom is -0.768 e. The minimum absolute atomic E-state index is 0. The average Bonchev–Trinajstić information content (AvgIpc) is 2.93. The van der Waals surface area contributed by atoms with Crippen molar-refractivity contribution in [3.05, 3.63) is 50.3 Å². The van der Waals surface area contributed by atoms with Gasteiger partial charge in [0.05, 0.1) is 15.0 Å². The van der Waals surface area contributed by atoms with Crippen LogP contribution in [0.5, 0.6) is 5.75 Å². The van der Waals surface area contributed by atoms with Gasteiger partial charge in [0.15, 0.2) is 7.60 Å². The van der Waals surface area contributed by atoms with E-state index in [1.54, 1.807) is 0 Å². The van der Waals surface area contributed by atoms with Crippen LogP contribution in [0.25, 0.3) is 0 Å². The average molecular weight is 479 g/mol. The summed E-state index contributed by atoms with van der Waals surface area (Å²) < 4.78 is 42.9. The van der Waals surface area contributed by atoms with Gasteiger partial charge in [-0.15, -0.1) is 11.3 Å². The molecule has 1 aromatic carbocycles. The van der Waals surface area contributed by atoms with E-state index in [-0.39, 0.29) is 45.2 Å². The maximum atomic E-state index is 12.0. The van der Waals surface area contributed by atoms with Crippen molar-refractivity contribution in [3.8, 4) is 5.75 Å². The van der Waals surface area contributed by atoms with Crippen molar-refractivity contribution in [2.24, 2.45) is 0 Å². The Morgan fingerprint density at radius 2 is 1.84 bits per heavy atom. The van der Waals surface area contributed by atoms with Crippen LogP contribution in [0.2, 0.25) is 0 Å². The van der Waals surface area contributed by atoms with Crippen LogP contribution in [0.3, 0.4) is 0 Å². The van der Waals surface area contributed by atoms with Gasteiger partial charge in [0.1, 0.15) is 9.96 Å². The van der Waals surface area contributed by atoms with Crippen LogP contribution < -0.4 is 43.7 Å². The third kappa shape index (κ3) is 6.74. The largest absolute Gasteiger partial charge is 1.00 e. The molecule has 1 aromatic heterocycles. The second kappa shape index (κ2) is 9.07. The second-order valence-electron chi connectivity index (χ2n) is 4.32. The second-order valence-corrected chi connectivity index (χ2v) is 10.5. The van der Waals surface area contributed by atoms with Gasteiger partial charge in [-0.1, -0.05) is 0 Å². The van der Waals surface area contributed by atoms with E-state index in [1.165, 1.54) is 12.1 Å². The Bertz CT molecular complexity index is 903. The molecule has 14 heteroatoms. The first-order valence-electron chi connectivity index (χ1n) is 6.08. The molecule has 0 aliphatic carbocycles. The number of rotatable bonds is 7. The summed E-state index contributed by atoms with van der Waals surface area (Å²) in [4.78, 5) is 21.7. The van der Waals surface area contributed by atoms with Gasteiger partial charge in [-0.2, -0.15) is 0 Å². The Kier molecular flexibility index (Phi) is 8.25. The molecule has 0 bridgehead atoms. The van der Waals surface area contributed by atoms with Gasteiger partial charge < -0.3 is 9.42 Å². The summed E-state index contributed by atoms with van der Waals surface area (Å²) in [5, 5.41) is 10.5. The van der Waals surface area contributed by atoms with Gasteiger partial charge in [-0.05, 0) is 40.2 Å². The fourth-order valence-electron chi connectivity index (χ4n) is 1.50. The molecule has 1 atom stereocenters. The van der Waals surface area contributed by atoms with E-state index >= 15 is 0 Å². The molecule has 25 heavy (non-hydrogen) atoms. The molecule has 2 aromatic rings.